The molecule has 0 amide bonds. The number of benzene rings is 2. The van der Waals surface area contributed by atoms with Crippen LogP contribution in [-0.2, 0) is 6.61 Å². The van der Waals surface area contributed by atoms with Gasteiger partial charge < -0.3 is 13.6 Å². The topological polar surface area (TPSA) is 61.3 Å². The van der Waals surface area contributed by atoms with Gasteiger partial charge in [0.15, 0.2) is 12.4 Å². The van der Waals surface area contributed by atoms with Crippen LogP contribution in [0.1, 0.15) is 5.89 Å². The molecule has 0 saturated heterocycles. The number of ether oxygens (including phenoxy) is 1. The van der Waals surface area contributed by atoms with Gasteiger partial charge in [0.1, 0.15) is 5.75 Å². The Hall–Kier alpha value is -2.79. The molecule has 0 aliphatic rings. The van der Waals surface area contributed by atoms with E-state index in [1.54, 1.807) is 24.5 Å². The maximum absolute atomic E-state index is 6.20. The Balaban J connectivity index is 1.57. The smallest absolute Gasteiger partial charge is 0.283 e. The Kier molecular flexibility index (Phi) is 3.48. The first kappa shape index (κ1) is 13.8. The summed E-state index contributed by atoms with van der Waals surface area (Å²) in [4.78, 5) is 0. The highest BCUT2D eigenvalue weighted by molar-refractivity contribution is 6.35. The third kappa shape index (κ3) is 2.66. The fourth-order valence-corrected chi connectivity index (χ4v) is 2.54. The standard InChI is InChI=1S/C17H11ClN2O3/c18-13-7-8-14(12-5-2-1-4-11(12)13)22-10-16-19-20-17(23-16)15-6-3-9-21-15/h1-9H,10H2. The number of hydrogen-bond donors (Lipinski definition) is 0. The van der Waals surface area contributed by atoms with Crippen LogP contribution in [0.5, 0.6) is 5.75 Å². The van der Waals surface area contributed by atoms with Crippen molar-refractivity contribution in [1.29, 1.82) is 0 Å². The molecular formula is C17H11ClN2O3. The third-order valence-corrected chi connectivity index (χ3v) is 3.71. The number of nitrogens with zero attached hydrogens (tertiary/aromatic N) is 2. The summed E-state index contributed by atoms with van der Waals surface area (Å²) < 4.78 is 16.5. The molecule has 23 heavy (non-hydrogen) atoms. The molecule has 6 heteroatoms. The summed E-state index contributed by atoms with van der Waals surface area (Å²) in [5.74, 6) is 1.94. The summed E-state index contributed by atoms with van der Waals surface area (Å²) in [5.41, 5.74) is 0. The van der Waals surface area contributed by atoms with E-state index in [1.807, 2.05) is 30.3 Å². The van der Waals surface area contributed by atoms with Crippen molar-refractivity contribution in [3.05, 3.63) is 65.7 Å². The lowest BCUT2D eigenvalue weighted by molar-refractivity contribution is 0.266. The van der Waals surface area contributed by atoms with E-state index in [2.05, 4.69) is 10.2 Å². The number of rotatable bonds is 4. The Morgan fingerprint density at radius 2 is 1.83 bits per heavy atom. The second kappa shape index (κ2) is 5.78. The van der Waals surface area contributed by atoms with Crippen molar-refractivity contribution < 1.29 is 13.6 Å². The van der Waals surface area contributed by atoms with Crippen LogP contribution < -0.4 is 4.74 Å². The van der Waals surface area contributed by atoms with E-state index >= 15 is 0 Å². The van der Waals surface area contributed by atoms with Crippen LogP contribution in [0.25, 0.3) is 22.4 Å². The number of halogens is 1. The molecule has 4 aromatic rings. The van der Waals surface area contributed by atoms with Crippen LogP contribution in [0.4, 0.5) is 0 Å². The average Bonchev–Trinajstić information content (AvgIpc) is 3.26. The first-order chi connectivity index (χ1) is 11.3. The number of aromatic nitrogens is 2. The molecule has 114 valence electrons. The Morgan fingerprint density at radius 1 is 0.957 bits per heavy atom. The molecule has 0 bridgehead atoms. The molecule has 0 radical (unpaired) electrons. The summed E-state index contributed by atoms with van der Waals surface area (Å²) in [5, 5.41) is 10.5. The average molecular weight is 327 g/mol. The van der Waals surface area contributed by atoms with Gasteiger partial charge in [-0.05, 0) is 24.3 Å². The van der Waals surface area contributed by atoms with E-state index in [0.717, 1.165) is 10.8 Å². The van der Waals surface area contributed by atoms with Gasteiger partial charge in [0.25, 0.3) is 11.8 Å². The monoisotopic (exact) mass is 326 g/mol. The zero-order valence-electron chi connectivity index (χ0n) is 11.9. The van der Waals surface area contributed by atoms with E-state index < -0.39 is 0 Å². The van der Waals surface area contributed by atoms with Crippen molar-refractivity contribution in [3.63, 3.8) is 0 Å². The van der Waals surface area contributed by atoms with E-state index in [0.29, 0.717) is 28.3 Å². The molecule has 0 N–H and O–H groups in total. The first-order valence-electron chi connectivity index (χ1n) is 6.97. The van der Waals surface area contributed by atoms with Gasteiger partial charge in [-0.25, -0.2) is 0 Å². The SMILES string of the molecule is Clc1ccc(OCc2nnc(-c3ccco3)o2)c2ccccc12. The molecule has 5 nitrogen and oxygen atoms in total. The number of furan rings is 1. The van der Waals surface area contributed by atoms with Crippen LogP contribution in [0, 0.1) is 0 Å². The maximum Gasteiger partial charge on any atom is 0.283 e. The third-order valence-electron chi connectivity index (χ3n) is 3.38. The molecule has 2 aromatic carbocycles. The van der Waals surface area contributed by atoms with Crippen LogP contribution in [0.15, 0.2) is 63.6 Å². The predicted molar refractivity (Wildman–Crippen MR) is 85.3 cm³/mol. The summed E-state index contributed by atoms with van der Waals surface area (Å²) in [6, 6.07) is 14.9. The van der Waals surface area contributed by atoms with Gasteiger partial charge in [0, 0.05) is 15.8 Å². The minimum atomic E-state index is 0.166. The predicted octanol–water partition coefficient (Wildman–Crippen LogP) is 4.72. The minimum Gasteiger partial charge on any atom is -0.483 e. The highest BCUT2D eigenvalue weighted by atomic mass is 35.5. The molecule has 0 aliphatic heterocycles. The Labute approximate surface area is 136 Å². The van der Waals surface area contributed by atoms with Crippen LogP contribution >= 0.6 is 11.6 Å². The first-order valence-corrected chi connectivity index (χ1v) is 7.35. The molecule has 4 rings (SSSR count). The van der Waals surface area contributed by atoms with Gasteiger partial charge in [-0.1, -0.05) is 35.9 Å². The molecular weight excluding hydrogens is 316 g/mol. The number of fused-ring (bicyclic) bond motifs is 1. The van der Waals surface area contributed by atoms with Crippen molar-refractivity contribution >= 4 is 22.4 Å². The zero-order valence-corrected chi connectivity index (χ0v) is 12.7. The van der Waals surface area contributed by atoms with Crippen molar-refractivity contribution in [2.75, 3.05) is 0 Å². The van der Waals surface area contributed by atoms with E-state index in [4.69, 9.17) is 25.2 Å². The van der Waals surface area contributed by atoms with E-state index in [9.17, 15) is 0 Å². The van der Waals surface area contributed by atoms with E-state index in [1.165, 1.54) is 0 Å². The summed E-state index contributed by atoms with van der Waals surface area (Å²) in [6.07, 6.45) is 1.55. The molecule has 2 heterocycles. The normalized spacial score (nSPS) is 11.0. The lowest BCUT2D eigenvalue weighted by Gasteiger charge is -2.08. The zero-order chi connectivity index (χ0) is 15.6. The highest BCUT2D eigenvalue weighted by Crippen LogP contribution is 2.31. The largest absolute Gasteiger partial charge is 0.483 e. The fraction of sp³-hybridized carbons (Fsp3) is 0.0588. The quantitative estimate of drug-likeness (QED) is 0.543. The summed E-state index contributed by atoms with van der Waals surface area (Å²) in [7, 11) is 0. The van der Waals surface area contributed by atoms with Gasteiger partial charge in [0.2, 0.25) is 0 Å². The molecule has 0 unspecified atom stereocenters. The van der Waals surface area contributed by atoms with Crippen LogP contribution in [0.3, 0.4) is 0 Å². The Morgan fingerprint density at radius 3 is 2.65 bits per heavy atom. The van der Waals surface area contributed by atoms with Gasteiger partial charge in [-0.2, -0.15) is 0 Å². The molecule has 0 spiro atoms. The summed E-state index contributed by atoms with van der Waals surface area (Å²) in [6.45, 7) is 0.166. The van der Waals surface area contributed by atoms with Crippen molar-refractivity contribution in [1.82, 2.24) is 10.2 Å². The molecule has 0 saturated carbocycles. The molecule has 0 fully saturated rings. The second-order valence-electron chi connectivity index (χ2n) is 4.86. The minimum absolute atomic E-state index is 0.166. The van der Waals surface area contributed by atoms with Gasteiger partial charge >= 0.3 is 0 Å². The lowest BCUT2D eigenvalue weighted by Crippen LogP contribution is -1.96. The molecule has 0 aliphatic carbocycles. The summed E-state index contributed by atoms with van der Waals surface area (Å²) >= 11 is 6.20. The second-order valence-corrected chi connectivity index (χ2v) is 5.27. The van der Waals surface area contributed by atoms with Gasteiger partial charge in [-0.3, -0.25) is 0 Å². The molecule has 2 aromatic heterocycles. The van der Waals surface area contributed by atoms with Crippen molar-refractivity contribution in [3.8, 4) is 17.4 Å². The van der Waals surface area contributed by atoms with Gasteiger partial charge in [0.05, 0.1) is 6.26 Å². The molecule has 0 atom stereocenters. The fourth-order valence-electron chi connectivity index (χ4n) is 2.31. The highest BCUT2D eigenvalue weighted by Gasteiger charge is 2.12. The Bertz CT molecular complexity index is 948. The number of hydrogen-bond acceptors (Lipinski definition) is 5. The van der Waals surface area contributed by atoms with Crippen molar-refractivity contribution in [2.24, 2.45) is 0 Å². The van der Waals surface area contributed by atoms with Gasteiger partial charge in [-0.15, -0.1) is 10.2 Å². The van der Waals surface area contributed by atoms with E-state index in [-0.39, 0.29) is 6.61 Å². The lowest BCUT2D eigenvalue weighted by atomic mass is 10.1. The maximum atomic E-state index is 6.20. The van der Waals surface area contributed by atoms with Crippen LogP contribution in [0.2, 0.25) is 5.02 Å². The van der Waals surface area contributed by atoms with Crippen molar-refractivity contribution in [2.45, 2.75) is 6.61 Å². The van der Waals surface area contributed by atoms with Crippen LogP contribution in [-0.4, -0.2) is 10.2 Å².